The van der Waals surface area contributed by atoms with Gasteiger partial charge >= 0.3 is 0 Å². The van der Waals surface area contributed by atoms with E-state index in [-0.39, 0.29) is 17.7 Å². The number of nitro benzene ring substituents is 1. The average Bonchev–Trinajstić information content (AvgIpc) is 2.41. The van der Waals surface area contributed by atoms with Gasteiger partial charge in [-0.25, -0.2) is 4.39 Å². The first-order valence-corrected chi connectivity index (χ1v) is 5.79. The molecule has 1 heterocycles. The van der Waals surface area contributed by atoms with E-state index in [9.17, 15) is 14.5 Å². The lowest BCUT2D eigenvalue weighted by Crippen LogP contribution is -2.36. The summed E-state index contributed by atoms with van der Waals surface area (Å²) in [5, 5.41) is 19.6. The fourth-order valence-electron chi connectivity index (χ4n) is 1.97. The van der Waals surface area contributed by atoms with Crippen LogP contribution in [0.15, 0.2) is 12.1 Å². The van der Waals surface area contributed by atoms with E-state index < -0.39 is 16.4 Å². The highest BCUT2D eigenvalue weighted by Gasteiger charge is 2.20. The van der Waals surface area contributed by atoms with Gasteiger partial charge in [0.15, 0.2) is 0 Å². The molecule has 0 N–H and O–H groups in total. The Bertz CT molecular complexity index is 536. The van der Waals surface area contributed by atoms with E-state index in [1.54, 1.807) is 0 Å². The summed E-state index contributed by atoms with van der Waals surface area (Å²) in [5.41, 5.74) is -0.187. The standard InChI is InChI=1S/C12H12FN3O3/c13-12-6-10(16(17)18)5-9(7-14)11(12)8-15-1-3-19-4-2-15/h5-6H,1-4,8H2. The predicted molar refractivity (Wildman–Crippen MR) is 63.9 cm³/mol. The van der Waals surface area contributed by atoms with E-state index in [1.807, 2.05) is 11.0 Å². The highest BCUT2D eigenvalue weighted by Crippen LogP contribution is 2.22. The molecule has 19 heavy (non-hydrogen) atoms. The number of rotatable bonds is 3. The Kier molecular flexibility index (Phi) is 4.04. The molecule has 0 aromatic heterocycles. The van der Waals surface area contributed by atoms with E-state index >= 15 is 0 Å². The summed E-state index contributed by atoms with van der Waals surface area (Å²) in [6.45, 7) is 2.70. The Labute approximate surface area is 109 Å². The van der Waals surface area contributed by atoms with Crippen molar-refractivity contribution in [3.63, 3.8) is 0 Å². The van der Waals surface area contributed by atoms with Crippen molar-refractivity contribution < 1.29 is 14.1 Å². The van der Waals surface area contributed by atoms with Gasteiger partial charge in [-0.05, 0) is 0 Å². The fourth-order valence-corrected chi connectivity index (χ4v) is 1.97. The van der Waals surface area contributed by atoms with Crippen molar-refractivity contribution in [2.24, 2.45) is 0 Å². The molecule has 0 amide bonds. The highest BCUT2D eigenvalue weighted by atomic mass is 19.1. The van der Waals surface area contributed by atoms with E-state index in [4.69, 9.17) is 10.00 Å². The van der Waals surface area contributed by atoms with Crippen LogP contribution in [-0.4, -0.2) is 36.1 Å². The molecule has 1 fully saturated rings. The van der Waals surface area contributed by atoms with Gasteiger partial charge in [-0.2, -0.15) is 5.26 Å². The van der Waals surface area contributed by atoms with E-state index in [1.165, 1.54) is 0 Å². The van der Waals surface area contributed by atoms with Gasteiger partial charge in [0.2, 0.25) is 0 Å². The normalized spacial score (nSPS) is 16.0. The van der Waals surface area contributed by atoms with Crippen LogP contribution in [0, 0.1) is 27.3 Å². The Morgan fingerprint density at radius 3 is 2.74 bits per heavy atom. The van der Waals surface area contributed by atoms with Crippen molar-refractivity contribution in [2.75, 3.05) is 26.3 Å². The number of nitro groups is 1. The molecule has 0 unspecified atom stereocenters. The molecule has 6 nitrogen and oxygen atoms in total. The Hall–Kier alpha value is -2.04. The van der Waals surface area contributed by atoms with Gasteiger partial charge in [0.1, 0.15) is 5.82 Å². The van der Waals surface area contributed by atoms with Crippen LogP contribution < -0.4 is 0 Å². The van der Waals surface area contributed by atoms with Gasteiger partial charge in [0, 0.05) is 31.3 Å². The maximum atomic E-state index is 13.9. The molecule has 0 atom stereocenters. The largest absolute Gasteiger partial charge is 0.379 e. The summed E-state index contributed by atoms with van der Waals surface area (Å²) in [6, 6.07) is 3.79. The third-order valence-electron chi connectivity index (χ3n) is 3.00. The van der Waals surface area contributed by atoms with Crippen LogP contribution in [0.25, 0.3) is 0 Å². The van der Waals surface area contributed by atoms with Crippen LogP contribution in [0.3, 0.4) is 0 Å². The highest BCUT2D eigenvalue weighted by molar-refractivity contribution is 5.47. The lowest BCUT2D eigenvalue weighted by molar-refractivity contribution is -0.385. The molecule has 0 saturated carbocycles. The summed E-state index contributed by atoms with van der Waals surface area (Å²) in [5.74, 6) is -0.711. The molecule has 0 spiro atoms. The van der Waals surface area contributed by atoms with Crippen molar-refractivity contribution in [3.05, 3.63) is 39.2 Å². The maximum Gasteiger partial charge on any atom is 0.273 e. The van der Waals surface area contributed by atoms with Crippen LogP contribution in [0.4, 0.5) is 10.1 Å². The smallest absolute Gasteiger partial charge is 0.273 e. The molecule has 2 rings (SSSR count). The molecule has 1 aliphatic rings. The van der Waals surface area contributed by atoms with Gasteiger partial charge in [0.05, 0.1) is 35.8 Å². The third kappa shape index (κ3) is 3.05. The zero-order valence-corrected chi connectivity index (χ0v) is 10.1. The molecule has 1 aliphatic heterocycles. The predicted octanol–water partition coefficient (Wildman–Crippen LogP) is 1.44. The third-order valence-corrected chi connectivity index (χ3v) is 3.00. The number of morpholine rings is 1. The minimum Gasteiger partial charge on any atom is -0.379 e. The average molecular weight is 265 g/mol. The minimum atomic E-state index is -0.711. The first kappa shape index (κ1) is 13.4. The quantitative estimate of drug-likeness (QED) is 0.610. The SMILES string of the molecule is N#Cc1cc([N+](=O)[O-])cc(F)c1CN1CCOCC1. The van der Waals surface area contributed by atoms with Crippen molar-refractivity contribution in [2.45, 2.75) is 6.54 Å². The van der Waals surface area contributed by atoms with Gasteiger partial charge in [-0.3, -0.25) is 15.0 Å². The van der Waals surface area contributed by atoms with Gasteiger partial charge < -0.3 is 4.74 Å². The fraction of sp³-hybridized carbons (Fsp3) is 0.417. The van der Waals surface area contributed by atoms with Crippen molar-refractivity contribution >= 4 is 5.69 Å². The van der Waals surface area contributed by atoms with Gasteiger partial charge in [0.25, 0.3) is 5.69 Å². The summed E-state index contributed by atoms with van der Waals surface area (Å²) in [7, 11) is 0. The monoisotopic (exact) mass is 265 g/mol. The zero-order chi connectivity index (χ0) is 13.8. The van der Waals surface area contributed by atoms with Crippen molar-refractivity contribution in [1.82, 2.24) is 4.90 Å². The Balaban J connectivity index is 2.29. The van der Waals surface area contributed by atoms with E-state index in [0.717, 1.165) is 12.1 Å². The second-order valence-corrected chi connectivity index (χ2v) is 4.21. The van der Waals surface area contributed by atoms with Crippen molar-refractivity contribution in [3.8, 4) is 6.07 Å². The van der Waals surface area contributed by atoms with Crippen molar-refractivity contribution in [1.29, 1.82) is 5.26 Å². The molecule has 1 aromatic carbocycles. The number of benzene rings is 1. The summed E-state index contributed by atoms with van der Waals surface area (Å²) < 4.78 is 19.1. The number of ether oxygens (including phenoxy) is 1. The van der Waals surface area contributed by atoms with E-state index in [0.29, 0.717) is 26.3 Å². The summed E-state index contributed by atoms with van der Waals surface area (Å²) in [6.07, 6.45) is 0. The Morgan fingerprint density at radius 1 is 1.47 bits per heavy atom. The maximum absolute atomic E-state index is 13.9. The number of non-ortho nitro benzene ring substituents is 1. The Morgan fingerprint density at radius 2 is 2.16 bits per heavy atom. The molecule has 0 bridgehead atoms. The van der Waals surface area contributed by atoms with Crippen LogP contribution >= 0.6 is 0 Å². The number of nitrogens with zero attached hydrogens (tertiary/aromatic N) is 3. The summed E-state index contributed by atoms with van der Waals surface area (Å²) >= 11 is 0. The van der Waals surface area contributed by atoms with Gasteiger partial charge in [-0.15, -0.1) is 0 Å². The van der Waals surface area contributed by atoms with E-state index in [2.05, 4.69) is 0 Å². The molecule has 100 valence electrons. The molecular formula is C12H12FN3O3. The number of hydrogen-bond donors (Lipinski definition) is 0. The lowest BCUT2D eigenvalue weighted by atomic mass is 10.1. The minimum absolute atomic E-state index is 0.0122. The summed E-state index contributed by atoms with van der Waals surface area (Å²) in [4.78, 5) is 11.9. The molecule has 0 radical (unpaired) electrons. The van der Waals surface area contributed by atoms with Crippen LogP contribution in [0.5, 0.6) is 0 Å². The number of halogens is 1. The second-order valence-electron chi connectivity index (χ2n) is 4.21. The topological polar surface area (TPSA) is 79.4 Å². The zero-order valence-electron chi connectivity index (χ0n) is 10.1. The van der Waals surface area contributed by atoms with Gasteiger partial charge in [-0.1, -0.05) is 0 Å². The number of nitriles is 1. The second kappa shape index (κ2) is 5.73. The molecular weight excluding hydrogens is 253 g/mol. The van der Waals surface area contributed by atoms with Crippen LogP contribution in [-0.2, 0) is 11.3 Å². The number of hydrogen-bond acceptors (Lipinski definition) is 5. The molecule has 1 aromatic rings. The molecule has 7 heteroatoms. The lowest BCUT2D eigenvalue weighted by Gasteiger charge is -2.26. The first-order valence-electron chi connectivity index (χ1n) is 5.79. The van der Waals surface area contributed by atoms with Crippen LogP contribution in [0.2, 0.25) is 0 Å². The molecule has 1 saturated heterocycles. The van der Waals surface area contributed by atoms with Crippen LogP contribution in [0.1, 0.15) is 11.1 Å². The molecule has 0 aliphatic carbocycles. The first-order chi connectivity index (χ1) is 9.11.